The Bertz CT molecular complexity index is 253. The maximum Gasteiger partial charge on any atom is 1.00 e. The number of halogens is 11. The van der Waals surface area contributed by atoms with Crippen molar-refractivity contribution in [3.05, 3.63) is 0 Å². The van der Waals surface area contributed by atoms with Gasteiger partial charge >= 0.3 is 31.8 Å². The first kappa shape index (κ1) is 15.2. The first-order chi connectivity index (χ1) is 6.69. The van der Waals surface area contributed by atoms with E-state index in [0.717, 1.165) is 0 Å². The molecule has 0 bridgehead atoms. The van der Waals surface area contributed by atoms with E-state index < -0.39 is 30.4 Å². The summed E-state index contributed by atoms with van der Waals surface area (Å²) in [6.07, 6.45) is -12.4. The molecule has 0 nitrogen and oxygen atoms in total. The fraction of sp³-hybridized carbons (Fsp3) is 1.00. The van der Waals surface area contributed by atoms with Crippen LogP contribution in [0.25, 0.3) is 0 Å². The zero-order chi connectivity index (χ0) is 13.6. The van der Waals surface area contributed by atoms with E-state index in [1.807, 2.05) is 0 Å². The Morgan fingerprint density at radius 1 is 0.625 bits per heavy atom. The summed E-state index contributed by atoms with van der Waals surface area (Å²) in [5.74, 6) is -21.3. The van der Waals surface area contributed by atoms with E-state index in [0.29, 0.717) is 0 Å². The minimum absolute atomic E-state index is 0. The van der Waals surface area contributed by atoms with Gasteiger partial charge < -0.3 is 0 Å². The predicted octanol–water partition coefficient (Wildman–Crippen LogP) is 3.83. The standard InChI is InChI=1S/C5HF11/c6-1(7)2(8,9)3(10,11)4(12,13)5(14,15)16/h1H/p+1. The highest BCUT2D eigenvalue weighted by molar-refractivity contribution is 5.01. The van der Waals surface area contributed by atoms with Crippen LogP contribution in [0.3, 0.4) is 0 Å². The summed E-state index contributed by atoms with van der Waals surface area (Å²) in [6.45, 7) is 0. The lowest BCUT2D eigenvalue weighted by atomic mass is 10.0. The van der Waals surface area contributed by atoms with Gasteiger partial charge in [0.2, 0.25) is 0 Å². The molecule has 0 aromatic rings. The van der Waals surface area contributed by atoms with Crippen LogP contribution in [0.5, 0.6) is 0 Å². The van der Waals surface area contributed by atoms with Gasteiger partial charge in [0.1, 0.15) is 0 Å². The van der Waals surface area contributed by atoms with Crippen molar-refractivity contribution in [3.8, 4) is 0 Å². The summed E-state index contributed by atoms with van der Waals surface area (Å²) >= 11 is 0. The molecule has 11 heteroatoms. The lowest BCUT2D eigenvalue weighted by Crippen LogP contribution is -2.63. The second-order valence-electron chi connectivity index (χ2n) is 2.57. The quantitative estimate of drug-likeness (QED) is 0.684. The lowest BCUT2D eigenvalue weighted by Gasteiger charge is -2.32. The van der Waals surface area contributed by atoms with E-state index >= 15 is 0 Å². The van der Waals surface area contributed by atoms with Crippen LogP contribution >= 0.6 is 0 Å². The highest BCUT2D eigenvalue weighted by atomic mass is 19.4. The van der Waals surface area contributed by atoms with Gasteiger partial charge in [-0.25, -0.2) is 8.78 Å². The van der Waals surface area contributed by atoms with Crippen LogP contribution in [0, 0.1) is 0 Å². The topological polar surface area (TPSA) is 0 Å². The molecule has 98 valence electrons. The Morgan fingerprint density at radius 3 is 1.12 bits per heavy atom. The molecule has 0 saturated carbocycles. The predicted molar refractivity (Wildman–Crippen MR) is 28.0 cm³/mol. The molecule has 0 saturated heterocycles. The molecule has 0 heterocycles. The van der Waals surface area contributed by atoms with Crippen LogP contribution in [0.2, 0.25) is 0 Å². The van der Waals surface area contributed by atoms with E-state index in [-0.39, 0.29) is 1.43 Å². The number of rotatable bonds is 3. The monoisotopic (exact) mass is 271 g/mol. The van der Waals surface area contributed by atoms with Gasteiger partial charge in [0.05, 0.1) is 0 Å². The van der Waals surface area contributed by atoms with Gasteiger partial charge in [-0.3, -0.25) is 0 Å². The van der Waals surface area contributed by atoms with Crippen LogP contribution in [0.1, 0.15) is 1.43 Å². The third-order valence-corrected chi connectivity index (χ3v) is 1.44. The molecule has 0 aromatic carbocycles. The lowest BCUT2D eigenvalue weighted by molar-refractivity contribution is -0.408. The maximum absolute atomic E-state index is 12.0. The van der Waals surface area contributed by atoms with Crippen LogP contribution in [-0.4, -0.2) is 30.4 Å². The fourth-order valence-electron chi connectivity index (χ4n) is 0.524. The highest BCUT2D eigenvalue weighted by Crippen LogP contribution is 2.54. The third kappa shape index (κ3) is 1.90. The molecule has 16 heavy (non-hydrogen) atoms. The summed E-state index contributed by atoms with van der Waals surface area (Å²) in [5.41, 5.74) is 0. The number of hydrogen-bond acceptors (Lipinski definition) is 0. The van der Waals surface area contributed by atoms with Gasteiger partial charge in [0.15, 0.2) is 0 Å². The van der Waals surface area contributed by atoms with Crippen molar-refractivity contribution in [1.82, 2.24) is 0 Å². The molecular weight excluding hydrogens is 269 g/mol. The first-order valence-corrected chi connectivity index (χ1v) is 3.18. The molecule has 0 N–H and O–H groups in total. The molecule has 0 atom stereocenters. The van der Waals surface area contributed by atoms with E-state index in [4.69, 9.17) is 0 Å². The minimum Gasteiger partial charge on any atom is -0.203 e. The Balaban J connectivity index is 0. The molecular formula is C5H2F11+. The van der Waals surface area contributed by atoms with Crippen molar-refractivity contribution < 1.29 is 49.7 Å². The van der Waals surface area contributed by atoms with Gasteiger partial charge in [0.25, 0.3) is 0 Å². The van der Waals surface area contributed by atoms with Crippen molar-refractivity contribution in [3.63, 3.8) is 0 Å². The van der Waals surface area contributed by atoms with Crippen LogP contribution in [0.4, 0.5) is 48.3 Å². The van der Waals surface area contributed by atoms with Crippen LogP contribution in [0.15, 0.2) is 0 Å². The summed E-state index contributed by atoms with van der Waals surface area (Å²) in [5, 5.41) is 0. The number of hydrogen-bond donors (Lipinski definition) is 0. The van der Waals surface area contributed by atoms with Crippen molar-refractivity contribution in [2.75, 3.05) is 0 Å². The molecule has 0 aliphatic rings. The molecule has 0 aliphatic heterocycles. The van der Waals surface area contributed by atoms with Crippen molar-refractivity contribution in [2.24, 2.45) is 0 Å². The van der Waals surface area contributed by atoms with E-state index in [1.165, 1.54) is 0 Å². The Kier molecular flexibility index (Phi) is 3.45. The maximum atomic E-state index is 12.0. The average molecular weight is 271 g/mol. The molecule has 0 fully saturated rings. The van der Waals surface area contributed by atoms with Gasteiger partial charge in [-0.05, 0) is 0 Å². The van der Waals surface area contributed by atoms with E-state index in [9.17, 15) is 48.3 Å². The zero-order valence-corrected chi connectivity index (χ0v) is 6.73. The minimum atomic E-state index is -7.26. The largest absolute Gasteiger partial charge is 1.00 e. The Labute approximate surface area is 81.5 Å². The van der Waals surface area contributed by atoms with Gasteiger partial charge in [-0.15, -0.1) is 0 Å². The van der Waals surface area contributed by atoms with Crippen molar-refractivity contribution >= 4 is 0 Å². The molecule has 0 radical (unpaired) electrons. The Morgan fingerprint density at radius 2 is 0.938 bits per heavy atom. The number of alkyl halides is 11. The summed E-state index contributed by atoms with van der Waals surface area (Å²) < 4.78 is 128. The zero-order valence-electron chi connectivity index (χ0n) is 7.73. The van der Waals surface area contributed by atoms with Gasteiger partial charge in [0, 0.05) is 0 Å². The van der Waals surface area contributed by atoms with Gasteiger partial charge in [-0.2, -0.15) is 39.5 Å². The molecule has 0 amide bonds. The molecule has 0 aromatic heterocycles. The Hall–Kier alpha value is -0.770. The average Bonchev–Trinajstić information content (AvgIpc) is 2.00. The van der Waals surface area contributed by atoms with E-state index in [2.05, 4.69) is 0 Å². The molecule has 0 rings (SSSR count). The molecule has 0 aliphatic carbocycles. The fourth-order valence-corrected chi connectivity index (χ4v) is 0.524. The van der Waals surface area contributed by atoms with Crippen LogP contribution < -0.4 is 0 Å². The first-order valence-electron chi connectivity index (χ1n) is 3.18. The summed E-state index contributed by atoms with van der Waals surface area (Å²) in [6, 6.07) is 0. The van der Waals surface area contributed by atoms with Crippen molar-refractivity contribution in [1.29, 1.82) is 0 Å². The van der Waals surface area contributed by atoms with Gasteiger partial charge in [-0.1, -0.05) is 0 Å². The molecule has 0 spiro atoms. The third-order valence-electron chi connectivity index (χ3n) is 1.44. The second kappa shape index (κ2) is 3.62. The normalized spacial score (nSPS) is 15.8. The summed E-state index contributed by atoms with van der Waals surface area (Å²) in [7, 11) is 0. The van der Waals surface area contributed by atoms with Crippen molar-refractivity contribution in [2.45, 2.75) is 30.4 Å². The molecule has 0 unspecified atom stereocenters. The second-order valence-corrected chi connectivity index (χ2v) is 2.57. The SMILES string of the molecule is FC(F)C(F)(F)C(F)(F)C(F)(F)C(F)(F)F.[H+]. The summed E-state index contributed by atoms with van der Waals surface area (Å²) in [4.78, 5) is 0. The smallest absolute Gasteiger partial charge is 0.203 e. The van der Waals surface area contributed by atoms with E-state index in [1.54, 1.807) is 0 Å². The highest BCUT2D eigenvalue weighted by Gasteiger charge is 2.83. The van der Waals surface area contributed by atoms with Crippen LogP contribution in [-0.2, 0) is 0 Å².